The van der Waals surface area contributed by atoms with Gasteiger partial charge in [-0.05, 0) is 19.1 Å². The third-order valence-corrected chi connectivity index (χ3v) is 5.88. The smallest absolute Gasteiger partial charge is 0.293 e. The van der Waals surface area contributed by atoms with Gasteiger partial charge in [0.05, 0.1) is 17.6 Å². The molecule has 3 heterocycles. The van der Waals surface area contributed by atoms with Crippen molar-refractivity contribution in [3.63, 3.8) is 0 Å². The topological polar surface area (TPSA) is 140 Å². The average molecular weight is 475 g/mol. The third-order valence-electron chi connectivity index (χ3n) is 4.89. The summed E-state index contributed by atoms with van der Waals surface area (Å²) in [7, 11) is 0. The van der Waals surface area contributed by atoms with E-state index < -0.39 is 24.6 Å². The highest BCUT2D eigenvalue weighted by Gasteiger charge is 2.46. The number of hydrogen-bond donors (Lipinski definition) is 0. The molecule has 4 atom stereocenters. The molecule has 3 aromatic rings. The molecule has 0 amide bonds. The standard InChI is InChI=1S/C21H17NO10S/c1-11-7-33-20(22-11)14-5-27-15-4-12(2-3-13(15)17(14)26)32-21-19(31-10-25)18(30-9-24)16(6-28-21)29-8-23/h2-5,7-10,16,18-19,21H,6H2,1H3. The second-order valence-electron chi connectivity index (χ2n) is 6.91. The van der Waals surface area contributed by atoms with Gasteiger partial charge < -0.3 is 28.1 Å². The van der Waals surface area contributed by atoms with Crippen molar-refractivity contribution in [2.45, 2.75) is 31.5 Å². The van der Waals surface area contributed by atoms with E-state index in [0.717, 1.165) is 5.69 Å². The second kappa shape index (κ2) is 9.79. The number of thiazole rings is 1. The van der Waals surface area contributed by atoms with Crippen LogP contribution in [0.2, 0.25) is 0 Å². The Morgan fingerprint density at radius 2 is 1.85 bits per heavy atom. The summed E-state index contributed by atoms with van der Waals surface area (Å²) in [6.07, 6.45) is -3.25. The summed E-state index contributed by atoms with van der Waals surface area (Å²) in [5.74, 6) is 0.229. The lowest BCUT2D eigenvalue weighted by atomic mass is 10.0. The fraction of sp³-hybridized carbons (Fsp3) is 0.286. The van der Waals surface area contributed by atoms with Gasteiger partial charge in [0, 0.05) is 17.1 Å². The van der Waals surface area contributed by atoms with E-state index in [1.807, 2.05) is 12.3 Å². The second-order valence-corrected chi connectivity index (χ2v) is 7.77. The zero-order chi connectivity index (χ0) is 23.4. The molecule has 1 aliphatic rings. The predicted octanol–water partition coefficient (Wildman–Crippen LogP) is 1.58. The van der Waals surface area contributed by atoms with Gasteiger partial charge in [-0.3, -0.25) is 19.2 Å². The van der Waals surface area contributed by atoms with Gasteiger partial charge in [0.25, 0.3) is 19.4 Å². The van der Waals surface area contributed by atoms with Crippen molar-refractivity contribution in [1.29, 1.82) is 0 Å². The van der Waals surface area contributed by atoms with Crippen molar-refractivity contribution in [3.8, 4) is 16.3 Å². The number of ether oxygens (including phenoxy) is 5. The maximum Gasteiger partial charge on any atom is 0.293 e. The van der Waals surface area contributed by atoms with Gasteiger partial charge in [-0.25, -0.2) is 4.98 Å². The van der Waals surface area contributed by atoms with Crippen LogP contribution < -0.4 is 10.2 Å². The van der Waals surface area contributed by atoms with Crippen LogP contribution in [0.5, 0.6) is 5.75 Å². The number of carbonyl (C=O) groups excluding carboxylic acids is 3. The summed E-state index contributed by atoms with van der Waals surface area (Å²) in [6, 6.07) is 4.51. The van der Waals surface area contributed by atoms with Crippen LogP contribution in [0, 0.1) is 6.92 Å². The lowest BCUT2D eigenvalue weighted by molar-refractivity contribution is -0.252. The molecule has 11 nitrogen and oxygen atoms in total. The molecular weight excluding hydrogens is 458 g/mol. The molecule has 0 N–H and O–H groups in total. The van der Waals surface area contributed by atoms with Crippen LogP contribution in [0.25, 0.3) is 21.5 Å². The van der Waals surface area contributed by atoms with Gasteiger partial charge in [0.1, 0.15) is 22.6 Å². The highest BCUT2D eigenvalue weighted by molar-refractivity contribution is 7.13. The van der Waals surface area contributed by atoms with E-state index in [2.05, 4.69) is 4.98 Å². The zero-order valence-corrected chi connectivity index (χ0v) is 17.9. The first-order valence-electron chi connectivity index (χ1n) is 9.59. The van der Waals surface area contributed by atoms with Gasteiger partial charge in [-0.1, -0.05) is 0 Å². The van der Waals surface area contributed by atoms with Crippen molar-refractivity contribution in [3.05, 3.63) is 45.8 Å². The highest BCUT2D eigenvalue weighted by atomic mass is 32.1. The van der Waals surface area contributed by atoms with Crippen LogP contribution in [-0.4, -0.2) is 55.6 Å². The fourth-order valence-corrected chi connectivity index (χ4v) is 4.21. The van der Waals surface area contributed by atoms with Gasteiger partial charge >= 0.3 is 0 Å². The Morgan fingerprint density at radius 3 is 2.55 bits per heavy atom. The quantitative estimate of drug-likeness (QED) is 0.329. The Labute approximate surface area is 189 Å². The maximum absolute atomic E-state index is 12.9. The van der Waals surface area contributed by atoms with Gasteiger partial charge in [-0.2, -0.15) is 0 Å². The lowest BCUT2D eigenvalue weighted by Crippen LogP contribution is -2.57. The number of benzene rings is 1. The molecule has 2 aromatic heterocycles. The van der Waals surface area contributed by atoms with Crippen molar-refractivity contribution < 1.29 is 42.5 Å². The predicted molar refractivity (Wildman–Crippen MR) is 112 cm³/mol. The van der Waals surface area contributed by atoms with Crippen molar-refractivity contribution in [2.75, 3.05) is 6.61 Å². The number of rotatable bonds is 9. The normalized spacial score (nSPS) is 22.3. The molecule has 1 aliphatic heterocycles. The fourth-order valence-electron chi connectivity index (χ4n) is 3.41. The lowest BCUT2D eigenvalue weighted by Gasteiger charge is -2.38. The Bertz CT molecular complexity index is 1220. The number of nitrogens with zero attached hydrogens (tertiary/aromatic N) is 1. The van der Waals surface area contributed by atoms with E-state index >= 15 is 0 Å². The summed E-state index contributed by atoms with van der Waals surface area (Å²) in [4.78, 5) is 49.8. The number of aryl methyl sites for hydroxylation is 1. The molecule has 0 bridgehead atoms. The van der Waals surface area contributed by atoms with Crippen LogP contribution in [0.15, 0.2) is 39.1 Å². The summed E-state index contributed by atoms with van der Waals surface area (Å²) >= 11 is 1.34. The van der Waals surface area contributed by atoms with Gasteiger partial charge in [0.15, 0.2) is 12.2 Å². The van der Waals surface area contributed by atoms with Gasteiger partial charge in [-0.15, -0.1) is 11.3 Å². The monoisotopic (exact) mass is 475 g/mol. The maximum atomic E-state index is 12.9. The molecule has 0 spiro atoms. The highest BCUT2D eigenvalue weighted by Crippen LogP contribution is 2.28. The number of aromatic nitrogens is 1. The minimum atomic E-state index is -1.23. The van der Waals surface area contributed by atoms with E-state index in [4.69, 9.17) is 28.1 Å². The van der Waals surface area contributed by atoms with Crippen LogP contribution in [0.3, 0.4) is 0 Å². The Morgan fingerprint density at radius 1 is 1.09 bits per heavy atom. The Kier molecular flexibility index (Phi) is 6.66. The van der Waals surface area contributed by atoms with E-state index in [9.17, 15) is 19.2 Å². The van der Waals surface area contributed by atoms with E-state index in [-0.39, 0.29) is 42.8 Å². The van der Waals surface area contributed by atoms with E-state index in [0.29, 0.717) is 16.0 Å². The minimum Gasteiger partial charge on any atom is -0.463 e. The third kappa shape index (κ3) is 4.56. The first-order valence-corrected chi connectivity index (χ1v) is 10.5. The summed E-state index contributed by atoms with van der Waals surface area (Å²) in [6.45, 7) is 2.09. The first-order chi connectivity index (χ1) is 16.0. The van der Waals surface area contributed by atoms with Crippen LogP contribution in [-0.2, 0) is 33.3 Å². The Hall–Kier alpha value is -3.77. The molecule has 0 saturated carbocycles. The summed E-state index contributed by atoms with van der Waals surface area (Å²) < 4.78 is 31.7. The molecule has 0 radical (unpaired) electrons. The number of fused-ring (bicyclic) bond motifs is 1. The molecule has 12 heteroatoms. The van der Waals surface area contributed by atoms with Crippen molar-refractivity contribution in [2.24, 2.45) is 0 Å². The summed E-state index contributed by atoms with van der Waals surface area (Å²) in [5.41, 5.74) is 1.15. The summed E-state index contributed by atoms with van der Waals surface area (Å²) in [5, 5.41) is 2.71. The SMILES string of the molecule is Cc1csc(-c2coc3cc(OC4OCC(OC=O)C(OC=O)C4OC=O)ccc3c2=O)n1. The van der Waals surface area contributed by atoms with Gasteiger partial charge in [0.2, 0.25) is 17.8 Å². The number of hydrogen-bond acceptors (Lipinski definition) is 12. The molecule has 172 valence electrons. The molecular formula is C21H17NO10S. The zero-order valence-electron chi connectivity index (χ0n) is 17.1. The minimum absolute atomic E-state index is 0.135. The molecule has 4 unspecified atom stereocenters. The molecule has 0 aliphatic carbocycles. The molecule has 4 rings (SSSR count). The van der Waals surface area contributed by atoms with E-state index in [1.165, 1.54) is 35.8 Å². The average Bonchev–Trinajstić information content (AvgIpc) is 3.24. The van der Waals surface area contributed by atoms with E-state index in [1.54, 1.807) is 0 Å². The first kappa shape index (κ1) is 22.4. The molecule has 1 aromatic carbocycles. The number of carbonyl (C=O) groups is 3. The molecule has 1 fully saturated rings. The van der Waals surface area contributed by atoms with Crippen LogP contribution in [0.1, 0.15) is 5.69 Å². The molecule has 33 heavy (non-hydrogen) atoms. The van der Waals surface area contributed by atoms with Crippen molar-refractivity contribution in [1.82, 2.24) is 4.98 Å². The van der Waals surface area contributed by atoms with Crippen molar-refractivity contribution >= 4 is 41.7 Å². The van der Waals surface area contributed by atoms with Crippen LogP contribution >= 0.6 is 11.3 Å². The Balaban J connectivity index is 1.60. The molecule has 1 saturated heterocycles. The van der Waals surface area contributed by atoms with Crippen LogP contribution in [0.4, 0.5) is 0 Å². The largest absolute Gasteiger partial charge is 0.463 e.